The van der Waals surface area contributed by atoms with Crippen molar-refractivity contribution < 1.29 is 19.2 Å². The summed E-state index contributed by atoms with van der Waals surface area (Å²) in [5, 5.41) is 2.69. The first-order chi connectivity index (χ1) is 14.8. The normalized spacial score (nSPS) is 13.8. The van der Waals surface area contributed by atoms with E-state index in [1.165, 1.54) is 6.92 Å². The van der Waals surface area contributed by atoms with E-state index < -0.39 is 23.8 Å². The van der Waals surface area contributed by atoms with Crippen LogP contribution in [-0.2, 0) is 11.8 Å². The van der Waals surface area contributed by atoms with E-state index in [1.54, 1.807) is 66.5 Å². The molecule has 1 N–H and O–H groups in total. The molecule has 0 fully saturated rings. The molecule has 0 aliphatic carbocycles. The average molecular weight is 416 g/mol. The Kier molecular flexibility index (Phi) is 4.98. The summed E-state index contributed by atoms with van der Waals surface area (Å²) >= 11 is 0. The summed E-state index contributed by atoms with van der Waals surface area (Å²) in [6, 6.07) is 10.4. The smallest absolute Gasteiger partial charge is 0.262 e. The van der Waals surface area contributed by atoms with Gasteiger partial charge in [-0.25, -0.2) is 4.98 Å². The molecule has 1 aliphatic heterocycles. The number of fused-ring (bicyclic) bond motifs is 1. The van der Waals surface area contributed by atoms with Gasteiger partial charge >= 0.3 is 0 Å². The predicted octanol–water partition coefficient (Wildman–Crippen LogP) is 2.58. The number of carbonyl (C=O) groups excluding carboxylic acids is 4. The molecule has 1 atom stereocenters. The molecule has 8 nitrogen and oxygen atoms in total. The zero-order valence-corrected chi connectivity index (χ0v) is 17.2. The van der Waals surface area contributed by atoms with Gasteiger partial charge in [-0.15, -0.1) is 0 Å². The number of amides is 3. The summed E-state index contributed by atoms with van der Waals surface area (Å²) < 4.78 is 1.63. The van der Waals surface area contributed by atoms with Crippen LogP contribution in [0.2, 0.25) is 0 Å². The molecule has 3 aromatic rings. The second-order valence-electron chi connectivity index (χ2n) is 7.46. The maximum Gasteiger partial charge on any atom is 0.262 e. The van der Waals surface area contributed by atoms with Crippen LogP contribution in [0.3, 0.4) is 0 Å². The van der Waals surface area contributed by atoms with Crippen molar-refractivity contribution in [3.8, 4) is 0 Å². The Hall–Kier alpha value is -4.07. The van der Waals surface area contributed by atoms with Gasteiger partial charge in [0.1, 0.15) is 6.04 Å². The third kappa shape index (κ3) is 3.52. The van der Waals surface area contributed by atoms with E-state index in [9.17, 15) is 19.2 Å². The van der Waals surface area contributed by atoms with Crippen molar-refractivity contribution in [2.75, 3.05) is 5.32 Å². The Morgan fingerprint density at radius 3 is 2.32 bits per heavy atom. The molecule has 3 amide bonds. The summed E-state index contributed by atoms with van der Waals surface area (Å²) in [7, 11) is 1.73. The highest BCUT2D eigenvalue weighted by Gasteiger charge is 2.40. The molecule has 0 saturated heterocycles. The predicted molar refractivity (Wildman–Crippen MR) is 113 cm³/mol. The summed E-state index contributed by atoms with van der Waals surface area (Å²) in [5.74, 6) is -1.40. The Bertz CT molecular complexity index is 1230. The highest BCUT2D eigenvalue weighted by molar-refractivity contribution is 6.23. The molecule has 31 heavy (non-hydrogen) atoms. The van der Waals surface area contributed by atoms with Gasteiger partial charge in [-0.1, -0.05) is 11.6 Å². The number of aromatic nitrogens is 2. The van der Waals surface area contributed by atoms with E-state index in [-0.39, 0.29) is 5.78 Å². The van der Waals surface area contributed by atoms with Crippen molar-refractivity contribution in [3.05, 3.63) is 82.9 Å². The molecule has 0 saturated carbocycles. The topological polar surface area (TPSA) is 101 Å². The molecule has 0 bridgehead atoms. The summed E-state index contributed by atoms with van der Waals surface area (Å²) in [6.07, 6.45) is 3.23. The molecule has 2 heterocycles. The number of anilines is 1. The van der Waals surface area contributed by atoms with Crippen molar-refractivity contribution in [2.45, 2.75) is 19.9 Å². The molecule has 1 unspecified atom stereocenters. The number of aryl methyl sites for hydroxylation is 2. The number of nitrogens with zero attached hydrogens (tertiary/aromatic N) is 3. The van der Waals surface area contributed by atoms with Crippen LogP contribution in [0, 0.1) is 6.92 Å². The van der Waals surface area contributed by atoms with Gasteiger partial charge in [0.05, 0.1) is 11.1 Å². The third-order valence-corrected chi connectivity index (χ3v) is 5.28. The summed E-state index contributed by atoms with van der Waals surface area (Å²) in [4.78, 5) is 55.6. The Labute approximate surface area is 178 Å². The zero-order chi connectivity index (χ0) is 22.3. The van der Waals surface area contributed by atoms with Gasteiger partial charge < -0.3 is 9.88 Å². The second kappa shape index (κ2) is 7.64. The van der Waals surface area contributed by atoms with Crippen molar-refractivity contribution >= 4 is 29.2 Å². The molecule has 0 spiro atoms. The number of carbonyl (C=O) groups is 4. The first-order valence-corrected chi connectivity index (χ1v) is 9.69. The molecule has 8 heteroatoms. The largest absolute Gasteiger partial charge is 0.331 e. The number of nitrogens with one attached hydrogen (secondary N) is 1. The summed E-state index contributed by atoms with van der Waals surface area (Å²) in [5.41, 5.74) is 2.34. The lowest BCUT2D eigenvalue weighted by atomic mass is 10.1. The van der Waals surface area contributed by atoms with Gasteiger partial charge in [0, 0.05) is 30.7 Å². The lowest BCUT2D eigenvalue weighted by molar-refractivity contribution is -0.119. The minimum absolute atomic E-state index is 0.236. The zero-order valence-electron chi connectivity index (χ0n) is 17.2. The first-order valence-electron chi connectivity index (χ1n) is 9.69. The summed E-state index contributed by atoms with van der Waals surface area (Å²) in [6.45, 7) is 3.34. The Morgan fingerprint density at radius 1 is 1.00 bits per heavy atom. The van der Waals surface area contributed by atoms with E-state index in [1.807, 2.05) is 6.92 Å². The van der Waals surface area contributed by atoms with Crippen LogP contribution in [0.15, 0.2) is 54.9 Å². The van der Waals surface area contributed by atoms with Gasteiger partial charge in [0.25, 0.3) is 11.8 Å². The van der Waals surface area contributed by atoms with Crippen LogP contribution in [0.5, 0.6) is 0 Å². The fraction of sp³-hybridized carbons (Fsp3) is 0.174. The van der Waals surface area contributed by atoms with Gasteiger partial charge in [-0.3, -0.25) is 24.1 Å². The second-order valence-corrected chi connectivity index (χ2v) is 7.46. The molecule has 4 rings (SSSR count). The number of rotatable bonds is 5. The molecular formula is C23H20N4O4. The third-order valence-electron chi connectivity index (χ3n) is 5.28. The fourth-order valence-corrected chi connectivity index (χ4v) is 3.51. The minimum atomic E-state index is -0.999. The maximum absolute atomic E-state index is 12.7. The van der Waals surface area contributed by atoms with Crippen LogP contribution in [-0.4, -0.2) is 44.0 Å². The molecule has 1 aliphatic rings. The minimum Gasteiger partial charge on any atom is -0.331 e. The quantitative estimate of drug-likeness (QED) is 0.509. The van der Waals surface area contributed by atoms with Crippen LogP contribution < -0.4 is 5.32 Å². The van der Waals surface area contributed by atoms with E-state index in [0.717, 1.165) is 10.5 Å². The van der Waals surface area contributed by atoms with E-state index in [4.69, 9.17) is 0 Å². The highest BCUT2D eigenvalue weighted by Crippen LogP contribution is 2.26. The van der Waals surface area contributed by atoms with Crippen LogP contribution in [0.25, 0.3) is 0 Å². The fourth-order valence-electron chi connectivity index (χ4n) is 3.51. The Morgan fingerprint density at radius 2 is 1.68 bits per heavy atom. The molecule has 0 radical (unpaired) electrons. The number of ketones is 1. The average Bonchev–Trinajstić information content (AvgIpc) is 3.28. The van der Waals surface area contributed by atoms with E-state index in [2.05, 4.69) is 10.3 Å². The van der Waals surface area contributed by atoms with Crippen molar-refractivity contribution in [2.24, 2.45) is 7.05 Å². The lowest BCUT2D eigenvalue weighted by Gasteiger charge is -2.21. The number of imidazole rings is 1. The number of benzene rings is 2. The molecule has 2 aromatic carbocycles. The van der Waals surface area contributed by atoms with Crippen LogP contribution >= 0.6 is 0 Å². The Balaban J connectivity index is 1.47. The number of imide groups is 1. The first kappa shape index (κ1) is 20.2. The van der Waals surface area contributed by atoms with Gasteiger partial charge in [0.2, 0.25) is 11.7 Å². The highest BCUT2D eigenvalue weighted by atomic mass is 16.2. The monoisotopic (exact) mass is 416 g/mol. The SMILES string of the molecule is Cc1ccc2c(c1)C(=O)N(C(C)C(=O)Nc1ccc(C(=O)c3nccn3C)cc1)C2=O. The van der Waals surface area contributed by atoms with E-state index in [0.29, 0.717) is 28.2 Å². The molecular weight excluding hydrogens is 396 g/mol. The van der Waals surface area contributed by atoms with Gasteiger partial charge in [0.15, 0.2) is 5.82 Å². The van der Waals surface area contributed by atoms with Gasteiger partial charge in [-0.2, -0.15) is 0 Å². The van der Waals surface area contributed by atoms with Crippen molar-refractivity contribution in [3.63, 3.8) is 0 Å². The van der Waals surface area contributed by atoms with E-state index >= 15 is 0 Å². The van der Waals surface area contributed by atoms with Crippen molar-refractivity contribution in [1.82, 2.24) is 14.5 Å². The van der Waals surface area contributed by atoms with Crippen LogP contribution in [0.4, 0.5) is 5.69 Å². The molecule has 1 aromatic heterocycles. The standard InChI is InChI=1S/C23H20N4O4/c1-13-4-9-17-18(12-13)23(31)27(22(17)30)14(2)21(29)25-16-7-5-15(6-8-16)19(28)20-24-10-11-26(20)3/h4-12,14H,1-3H3,(H,25,29). The van der Waals surface area contributed by atoms with Crippen LogP contribution in [0.1, 0.15) is 49.4 Å². The molecule has 156 valence electrons. The lowest BCUT2D eigenvalue weighted by Crippen LogP contribution is -2.45. The number of hydrogen-bond donors (Lipinski definition) is 1. The number of hydrogen-bond acceptors (Lipinski definition) is 5. The maximum atomic E-state index is 12.7. The van der Waals surface area contributed by atoms with Gasteiger partial charge in [-0.05, 0) is 50.2 Å². The van der Waals surface area contributed by atoms with Crippen molar-refractivity contribution in [1.29, 1.82) is 0 Å².